The molecule has 0 aromatic carbocycles. The Morgan fingerprint density at radius 1 is 0.619 bits per heavy atom. The molecule has 0 aliphatic heterocycles. The van der Waals surface area contributed by atoms with Crippen molar-refractivity contribution in [3.8, 4) is 0 Å². The minimum Gasteiger partial charge on any atom is -0.549 e. The molecule has 0 saturated carbocycles. The van der Waals surface area contributed by atoms with Crippen LogP contribution in [0.5, 0.6) is 0 Å². The van der Waals surface area contributed by atoms with Crippen LogP contribution in [0.15, 0.2) is 0 Å². The summed E-state index contributed by atoms with van der Waals surface area (Å²) in [6.45, 7) is -1.17. The van der Waals surface area contributed by atoms with Crippen molar-refractivity contribution in [2.24, 2.45) is 17.2 Å². The number of carboxylic acid groups (broad SMARTS) is 3. The van der Waals surface area contributed by atoms with E-state index in [9.17, 15) is 0 Å². The van der Waals surface area contributed by atoms with E-state index < -0.39 is 17.9 Å². The van der Waals surface area contributed by atoms with Crippen LogP contribution in [-0.2, 0) is 40.6 Å². The van der Waals surface area contributed by atoms with Crippen molar-refractivity contribution in [2.75, 3.05) is 19.6 Å². The summed E-state index contributed by atoms with van der Waals surface area (Å²) >= 11 is 0. The van der Waals surface area contributed by atoms with Gasteiger partial charge in [0, 0.05) is 45.8 Å². The normalized spacial score (nSPS) is 5.29. The first kappa shape index (κ1) is 57.5. The molecule has 0 aromatic rings. The van der Waals surface area contributed by atoms with Crippen LogP contribution in [0.25, 0.3) is 0 Å². The number of hydrogen-bond acceptors (Lipinski definition) is 9. The molecule has 0 aromatic heterocycles. The Balaban J connectivity index is -0.0000000129. The molecule has 0 heterocycles. The number of carbonyl (C=O) groups is 3. The van der Waals surface area contributed by atoms with Gasteiger partial charge in [-0.3, -0.25) is 0 Å². The van der Waals surface area contributed by atoms with E-state index in [2.05, 4.69) is 17.2 Å². The summed E-state index contributed by atoms with van der Waals surface area (Å²) in [5.74, 6) is -3.65. The molecule has 0 amide bonds. The summed E-state index contributed by atoms with van der Waals surface area (Å²) in [5, 5.41) is 27.4. The van der Waals surface area contributed by atoms with Gasteiger partial charge in [-0.1, -0.05) is 0 Å². The maximum atomic E-state index is 9.13. The molecular formula is C6H16AlCl4N3O6Zr. The zero-order valence-electron chi connectivity index (χ0n) is 10.5. The van der Waals surface area contributed by atoms with Crippen LogP contribution >= 0.6 is 49.6 Å². The first-order valence-corrected chi connectivity index (χ1v) is 3.51. The van der Waals surface area contributed by atoms with Gasteiger partial charge in [0.25, 0.3) is 0 Å². The molecule has 9 nitrogen and oxygen atoms in total. The van der Waals surface area contributed by atoms with E-state index in [4.69, 9.17) is 29.7 Å². The molecule has 15 heteroatoms. The molecule has 0 aliphatic rings. The third-order valence-corrected chi connectivity index (χ3v) is 0.500. The number of rotatable bonds is 3. The molecule has 21 heavy (non-hydrogen) atoms. The Morgan fingerprint density at radius 3 is 0.667 bits per heavy atom. The molecule has 0 aliphatic carbocycles. The van der Waals surface area contributed by atoms with Crippen molar-refractivity contribution >= 4 is 84.9 Å². The number of halogens is 4. The van der Waals surface area contributed by atoms with Gasteiger partial charge in [-0.05, 0) is 0 Å². The second-order valence-corrected chi connectivity index (χ2v) is 1.73. The SMILES string of the molecule is Cl.Cl.Cl.Cl.NCC(=O)[O-].NCC(=O)[O-].NCC(=O)[O-].[Al+3].[Zr]. The van der Waals surface area contributed by atoms with Crippen molar-refractivity contribution in [3.05, 3.63) is 0 Å². The molecule has 0 saturated heterocycles. The molecule has 0 spiro atoms. The van der Waals surface area contributed by atoms with Crippen molar-refractivity contribution < 1.29 is 55.9 Å². The molecule has 0 radical (unpaired) electrons. The Hall–Kier alpha value is 0.866. The van der Waals surface area contributed by atoms with Crippen LogP contribution in [0.3, 0.4) is 0 Å². The van der Waals surface area contributed by atoms with Gasteiger partial charge in [0.2, 0.25) is 0 Å². The van der Waals surface area contributed by atoms with Crippen LogP contribution in [0.2, 0.25) is 0 Å². The third-order valence-electron chi connectivity index (χ3n) is 0.500. The molecule has 0 atom stereocenters. The smallest absolute Gasteiger partial charge is 0.549 e. The van der Waals surface area contributed by atoms with E-state index >= 15 is 0 Å². The Labute approximate surface area is 176 Å². The van der Waals surface area contributed by atoms with Crippen LogP contribution in [0.1, 0.15) is 0 Å². The second-order valence-electron chi connectivity index (χ2n) is 1.73. The van der Waals surface area contributed by atoms with Crippen LogP contribution in [0.4, 0.5) is 0 Å². The Bertz CT molecular complexity index is 188. The van der Waals surface area contributed by atoms with Crippen molar-refractivity contribution in [1.29, 1.82) is 0 Å². The quantitative estimate of drug-likeness (QED) is 0.326. The molecule has 126 valence electrons. The maximum absolute atomic E-state index is 9.13. The van der Waals surface area contributed by atoms with E-state index in [0.29, 0.717) is 0 Å². The molecule has 0 rings (SSSR count). The zero-order chi connectivity index (χ0) is 12.9. The van der Waals surface area contributed by atoms with Gasteiger partial charge in [-0.15, -0.1) is 49.6 Å². The first-order chi connectivity index (χ1) is 6.81. The maximum Gasteiger partial charge on any atom is 3.00 e. The van der Waals surface area contributed by atoms with Crippen LogP contribution < -0.4 is 32.5 Å². The minimum atomic E-state index is -1.22. The third kappa shape index (κ3) is 158. The van der Waals surface area contributed by atoms with Gasteiger partial charge < -0.3 is 46.9 Å². The molecule has 0 bridgehead atoms. The number of aliphatic carboxylic acids is 3. The van der Waals surface area contributed by atoms with Crippen LogP contribution in [0, 0.1) is 0 Å². The fraction of sp³-hybridized carbons (Fsp3) is 0.500. The van der Waals surface area contributed by atoms with Gasteiger partial charge in [0.15, 0.2) is 0 Å². The summed E-state index contributed by atoms with van der Waals surface area (Å²) in [4.78, 5) is 27.4. The fourth-order valence-corrected chi connectivity index (χ4v) is 0. The molecule has 0 fully saturated rings. The topological polar surface area (TPSA) is 198 Å². The number of carbonyl (C=O) groups excluding carboxylic acids is 3. The summed E-state index contributed by atoms with van der Waals surface area (Å²) in [6, 6.07) is 0. The van der Waals surface area contributed by atoms with Crippen LogP contribution in [-0.4, -0.2) is 54.9 Å². The number of hydrogen-bond donors (Lipinski definition) is 3. The largest absolute Gasteiger partial charge is 3.00 e. The van der Waals surface area contributed by atoms with Crippen molar-refractivity contribution in [2.45, 2.75) is 0 Å². The second kappa shape index (κ2) is 49.7. The first-order valence-electron chi connectivity index (χ1n) is 3.51. The van der Waals surface area contributed by atoms with E-state index in [1.807, 2.05) is 0 Å². The van der Waals surface area contributed by atoms with Crippen molar-refractivity contribution in [3.63, 3.8) is 0 Å². The predicted octanol–water partition coefficient (Wildman–Crippen LogP) is -5.61. The molecular weight excluding hydrogens is 470 g/mol. The van der Waals surface area contributed by atoms with E-state index in [1.54, 1.807) is 0 Å². The molecule has 6 N–H and O–H groups in total. The standard InChI is InChI=1S/3C2H5NO2.Al.4ClH.Zr/c3*3-1-2(4)5;;;;;;/h3*1,3H2,(H,4,5);;4*1H;/q;;;+3;;;;;/p-3. The van der Waals surface area contributed by atoms with Gasteiger partial charge in [-0.25, -0.2) is 0 Å². The summed E-state index contributed by atoms with van der Waals surface area (Å²) in [7, 11) is 0. The average molecular weight is 486 g/mol. The summed E-state index contributed by atoms with van der Waals surface area (Å²) in [6.07, 6.45) is 0. The number of carboxylic acids is 3. The minimum absolute atomic E-state index is 0. The molecule has 0 unspecified atom stereocenters. The summed E-state index contributed by atoms with van der Waals surface area (Å²) < 4.78 is 0. The van der Waals surface area contributed by atoms with E-state index in [0.717, 1.165) is 0 Å². The van der Waals surface area contributed by atoms with Gasteiger partial charge >= 0.3 is 17.4 Å². The number of nitrogens with two attached hydrogens (primary N) is 3. The predicted molar refractivity (Wildman–Crippen MR) is 76.9 cm³/mol. The van der Waals surface area contributed by atoms with E-state index in [-0.39, 0.29) is 113 Å². The Morgan fingerprint density at radius 2 is 0.667 bits per heavy atom. The van der Waals surface area contributed by atoms with E-state index in [1.165, 1.54) is 0 Å². The van der Waals surface area contributed by atoms with Crippen molar-refractivity contribution in [1.82, 2.24) is 0 Å². The Kier molecular flexibility index (Phi) is 136. The monoisotopic (exact) mass is 483 g/mol. The van der Waals surface area contributed by atoms with Gasteiger partial charge in [0.05, 0.1) is 17.9 Å². The fourth-order valence-electron chi connectivity index (χ4n) is 0. The van der Waals surface area contributed by atoms with Gasteiger partial charge in [-0.2, -0.15) is 0 Å². The average Bonchev–Trinajstić information content (AvgIpc) is 2.19. The summed E-state index contributed by atoms with van der Waals surface area (Å²) in [5.41, 5.74) is 13.5. The zero-order valence-corrected chi connectivity index (χ0v) is 17.4. The van der Waals surface area contributed by atoms with Gasteiger partial charge in [0.1, 0.15) is 0 Å².